The van der Waals surface area contributed by atoms with Gasteiger partial charge in [0, 0.05) is 43.4 Å². The Morgan fingerprint density at radius 3 is 2.57 bits per heavy atom. The molecule has 0 bridgehead atoms. The van der Waals surface area contributed by atoms with Gasteiger partial charge in [-0.05, 0) is 30.7 Å². The molecule has 0 aliphatic carbocycles. The highest BCUT2D eigenvalue weighted by molar-refractivity contribution is 5.94. The molecule has 5 nitrogen and oxygen atoms in total. The molecule has 0 radical (unpaired) electrons. The van der Waals surface area contributed by atoms with Crippen molar-refractivity contribution in [1.29, 1.82) is 0 Å². The van der Waals surface area contributed by atoms with E-state index in [1.807, 2.05) is 41.3 Å². The topological polar surface area (TPSA) is 49.6 Å². The fourth-order valence-corrected chi connectivity index (χ4v) is 3.46. The molecule has 1 saturated heterocycles. The predicted octanol–water partition coefficient (Wildman–Crippen LogP) is 3.83. The number of halogens is 1. The summed E-state index contributed by atoms with van der Waals surface area (Å²) in [6, 6.07) is 17.6. The van der Waals surface area contributed by atoms with Crippen molar-refractivity contribution in [2.24, 2.45) is 0 Å². The van der Waals surface area contributed by atoms with Gasteiger partial charge in [-0.3, -0.25) is 9.69 Å². The molecule has 144 valence electrons. The van der Waals surface area contributed by atoms with E-state index in [2.05, 4.69) is 10.1 Å². The van der Waals surface area contributed by atoms with E-state index in [-0.39, 0.29) is 11.7 Å². The quantitative estimate of drug-likeness (QED) is 0.691. The largest absolute Gasteiger partial charge is 0.359 e. The molecule has 1 amide bonds. The lowest BCUT2D eigenvalue weighted by molar-refractivity contribution is 0.0760. The molecule has 4 rings (SSSR count). The van der Waals surface area contributed by atoms with Crippen LogP contribution in [0.15, 0.2) is 65.2 Å². The van der Waals surface area contributed by atoms with E-state index >= 15 is 0 Å². The molecule has 28 heavy (non-hydrogen) atoms. The van der Waals surface area contributed by atoms with Crippen LogP contribution in [0.25, 0.3) is 11.3 Å². The molecule has 0 unspecified atom stereocenters. The van der Waals surface area contributed by atoms with Crippen LogP contribution in [0.1, 0.15) is 22.5 Å². The molecule has 0 N–H and O–H groups in total. The van der Waals surface area contributed by atoms with E-state index < -0.39 is 0 Å². The molecule has 0 saturated carbocycles. The van der Waals surface area contributed by atoms with Gasteiger partial charge in [-0.15, -0.1) is 0 Å². The van der Waals surface area contributed by atoms with Crippen LogP contribution in [0, 0.1) is 5.82 Å². The first kappa shape index (κ1) is 18.4. The van der Waals surface area contributed by atoms with Crippen molar-refractivity contribution >= 4 is 5.91 Å². The zero-order valence-corrected chi connectivity index (χ0v) is 15.6. The average molecular weight is 379 g/mol. The number of benzene rings is 2. The van der Waals surface area contributed by atoms with E-state index in [1.54, 1.807) is 12.1 Å². The first-order valence-electron chi connectivity index (χ1n) is 9.47. The van der Waals surface area contributed by atoms with Gasteiger partial charge in [-0.25, -0.2) is 4.39 Å². The van der Waals surface area contributed by atoms with Crippen molar-refractivity contribution in [3.8, 4) is 11.3 Å². The summed E-state index contributed by atoms with van der Waals surface area (Å²) in [5.41, 5.74) is 2.39. The minimum absolute atomic E-state index is 0.0483. The zero-order valence-electron chi connectivity index (χ0n) is 15.6. The number of carbonyl (C=O) groups is 1. The highest BCUT2D eigenvalue weighted by atomic mass is 19.1. The van der Waals surface area contributed by atoms with Gasteiger partial charge < -0.3 is 9.42 Å². The molecule has 1 aliphatic rings. The number of rotatable bonds is 4. The summed E-state index contributed by atoms with van der Waals surface area (Å²) < 4.78 is 18.6. The van der Waals surface area contributed by atoms with Gasteiger partial charge in [-0.2, -0.15) is 0 Å². The van der Waals surface area contributed by atoms with Crippen LogP contribution in [0.3, 0.4) is 0 Å². The van der Waals surface area contributed by atoms with E-state index in [0.29, 0.717) is 25.2 Å². The lowest BCUT2D eigenvalue weighted by Gasteiger charge is -2.21. The van der Waals surface area contributed by atoms with Gasteiger partial charge in [0.1, 0.15) is 11.5 Å². The van der Waals surface area contributed by atoms with Crippen LogP contribution in [-0.4, -0.2) is 47.0 Å². The molecule has 2 heterocycles. The third-order valence-electron chi connectivity index (χ3n) is 4.97. The third kappa shape index (κ3) is 4.28. The Bertz CT molecular complexity index is 924. The molecule has 6 heteroatoms. The first-order chi connectivity index (χ1) is 13.7. The molecule has 1 aliphatic heterocycles. The Labute approximate surface area is 163 Å². The Kier molecular flexibility index (Phi) is 5.48. The summed E-state index contributed by atoms with van der Waals surface area (Å²) in [6.45, 7) is 3.63. The highest BCUT2D eigenvalue weighted by Gasteiger charge is 2.21. The standard InChI is InChI=1S/C22H22FN3O2/c23-19-9-7-18(8-10-19)22(27)26-12-4-11-25(13-14-26)16-20-15-21(24-28-20)17-5-2-1-3-6-17/h1-3,5-10,15H,4,11-14,16H2. The number of aromatic nitrogens is 1. The SMILES string of the molecule is O=C(c1ccc(F)cc1)N1CCCN(Cc2cc(-c3ccccc3)no2)CC1. The second kappa shape index (κ2) is 8.35. The first-order valence-corrected chi connectivity index (χ1v) is 9.47. The molecule has 0 spiro atoms. The van der Waals surface area contributed by atoms with Crippen molar-refractivity contribution in [2.45, 2.75) is 13.0 Å². The normalized spacial score (nSPS) is 15.4. The van der Waals surface area contributed by atoms with E-state index in [4.69, 9.17) is 4.52 Å². The summed E-state index contributed by atoms with van der Waals surface area (Å²) in [5.74, 6) is 0.436. The van der Waals surface area contributed by atoms with Crippen LogP contribution < -0.4 is 0 Å². The minimum atomic E-state index is -0.333. The summed E-state index contributed by atoms with van der Waals surface area (Å²) in [5, 5.41) is 4.17. The van der Waals surface area contributed by atoms with Gasteiger partial charge in [0.25, 0.3) is 5.91 Å². The number of hydrogen-bond acceptors (Lipinski definition) is 4. The van der Waals surface area contributed by atoms with E-state index in [0.717, 1.165) is 36.5 Å². The lowest BCUT2D eigenvalue weighted by atomic mass is 10.1. The van der Waals surface area contributed by atoms with E-state index in [1.165, 1.54) is 12.1 Å². The Balaban J connectivity index is 1.36. The van der Waals surface area contributed by atoms with Crippen molar-refractivity contribution in [1.82, 2.24) is 15.0 Å². The molecule has 1 fully saturated rings. The average Bonchev–Trinajstić information content (AvgIpc) is 3.07. The third-order valence-corrected chi connectivity index (χ3v) is 4.97. The van der Waals surface area contributed by atoms with Crippen LogP contribution >= 0.6 is 0 Å². The minimum Gasteiger partial charge on any atom is -0.359 e. The molecule has 3 aromatic rings. The Morgan fingerprint density at radius 2 is 1.79 bits per heavy atom. The van der Waals surface area contributed by atoms with Crippen molar-refractivity contribution in [2.75, 3.05) is 26.2 Å². The monoisotopic (exact) mass is 379 g/mol. The second-order valence-electron chi connectivity index (χ2n) is 6.97. The van der Waals surface area contributed by atoms with Gasteiger partial charge in [-0.1, -0.05) is 35.5 Å². The number of carbonyl (C=O) groups excluding carboxylic acids is 1. The Morgan fingerprint density at radius 1 is 1.00 bits per heavy atom. The molecule has 0 atom stereocenters. The number of amides is 1. The van der Waals surface area contributed by atoms with Gasteiger partial charge >= 0.3 is 0 Å². The van der Waals surface area contributed by atoms with Crippen LogP contribution in [0.2, 0.25) is 0 Å². The smallest absolute Gasteiger partial charge is 0.253 e. The van der Waals surface area contributed by atoms with Gasteiger partial charge in [0.15, 0.2) is 5.76 Å². The van der Waals surface area contributed by atoms with Crippen LogP contribution in [0.4, 0.5) is 4.39 Å². The van der Waals surface area contributed by atoms with Crippen molar-refractivity contribution in [3.05, 3.63) is 77.8 Å². The molecule has 2 aromatic carbocycles. The summed E-state index contributed by atoms with van der Waals surface area (Å²) in [4.78, 5) is 16.8. The molecular formula is C22H22FN3O2. The molecule has 1 aromatic heterocycles. The van der Waals surface area contributed by atoms with Crippen LogP contribution in [-0.2, 0) is 6.54 Å². The summed E-state index contributed by atoms with van der Waals surface area (Å²) in [6.07, 6.45) is 0.882. The van der Waals surface area contributed by atoms with Gasteiger partial charge in [0.05, 0.1) is 6.54 Å². The zero-order chi connectivity index (χ0) is 19.3. The summed E-state index contributed by atoms with van der Waals surface area (Å²) in [7, 11) is 0. The van der Waals surface area contributed by atoms with E-state index in [9.17, 15) is 9.18 Å². The second-order valence-corrected chi connectivity index (χ2v) is 6.97. The maximum atomic E-state index is 13.1. The Hall–Kier alpha value is -2.99. The lowest BCUT2D eigenvalue weighted by Crippen LogP contribution is -2.35. The number of nitrogens with zero attached hydrogens (tertiary/aromatic N) is 3. The fourth-order valence-electron chi connectivity index (χ4n) is 3.46. The van der Waals surface area contributed by atoms with Crippen LogP contribution in [0.5, 0.6) is 0 Å². The van der Waals surface area contributed by atoms with Crippen molar-refractivity contribution < 1.29 is 13.7 Å². The molecular weight excluding hydrogens is 357 g/mol. The highest BCUT2D eigenvalue weighted by Crippen LogP contribution is 2.20. The predicted molar refractivity (Wildman–Crippen MR) is 104 cm³/mol. The van der Waals surface area contributed by atoms with Gasteiger partial charge in [0.2, 0.25) is 0 Å². The maximum absolute atomic E-state index is 13.1. The number of hydrogen-bond donors (Lipinski definition) is 0. The van der Waals surface area contributed by atoms with Crippen molar-refractivity contribution in [3.63, 3.8) is 0 Å². The maximum Gasteiger partial charge on any atom is 0.253 e. The summed E-state index contributed by atoms with van der Waals surface area (Å²) >= 11 is 0. The fraction of sp³-hybridized carbons (Fsp3) is 0.273.